The van der Waals surface area contributed by atoms with E-state index in [0.717, 1.165) is 24.1 Å². The number of nitrogens with zero attached hydrogens (tertiary/aromatic N) is 1. The van der Waals surface area contributed by atoms with Crippen LogP contribution in [0.25, 0.3) is 0 Å². The standard InChI is InChI=1S/C17H27NO3Si/c1-7-20-16(19)13-10-11-18-15-12(13)8-9-14(15)21-22(5,6)17(2,3)4/h10-11,14H,7-9H2,1-6H3. The molecule has 0 saturated heterocycles. The van der Waals surface area contributed by atoms with Crippen LogP contribution in [0.15, 0.2) is 12.3 Å². The lowest BCUT2D eigenvalue weighted by atomic mass is 10.1. The summed E-state index contributed by atoms with van der Waals surface area (Å²) in [5.74, 6) is -0.255. The molecule has 1 unspecified atom stereocenters. The number of pyridine rings is 1. The number of esters is 1. The molecule has 0 aromatic carbocycles. The number of rotatable bonds is 4. The van der Waals surface area contributed by atoms with Crippen molar-refractivity contribution in [2.24, 2.45) is 0 Å². The van der Waals surface area contributed by atoms with Gasteiger partial charge in [-0.3, -0.25) is 4.98 Å². The summed E-state index contributed by atoms with van der Waals surface area (Å²) in [6, 6.07) is 1.76. The van der Waals surface area contributed by atoms with Gasteiger partial charge in [0.05, 0.1) is 24.0 Å². The monoisotopic (exact) mass is 321 g/mol. The highest BCUT2D eigenvalue weighted by Gasteiger charge is 2.41. The fourth-order valence-corrected chi connectivity index (χ4v) is 3.80. The lowest BCUT2D eigenvalue weighted by molar-refractivity contribution is 0.0525. The third-order valence-corrected chi connectivity index (χ3v) is 9.28. The molecule has 1 aliphatic carbocycles. The van der Waals surface area contributed by atoms with Gasteiger partial charge >= 0.3 is 5.97 Å². The molecule has 1 heterocycles. The summed E-state index contributed by atoms with van der Waals surface area (Å²) in [6.07, 6.45) is 3.42. The predicted molar refractivity (Wildman–Crippen MR) is 89.5 cm³/mol. The molecule has 1 aromatic rings. The molecule has 2 rings (SSSR count). The molecule has 0 saturated carbocycles. The largest absolute Gasteiger partial charge is 0.462 e. The highest BCUT2D eigenvalue weighted by molar-refractivity contribution is 6.74. The second kappa shape index (κ2) is 6.12. The zero-order chi connectivity index (χ0) is 16.5. The Labute approximate surface area is 134 Å². The molecule has 5 heteroatoms. The average Bonchev–Trinajstić information content (AvgIpc) is 2.80. The molecular formula is C17H27NO3Si. The van der Waals surface area contributed by atoms with Crippen molar-refractivity contribution in [1.29, 1.82) is 0 Å². The van der Waals surface area contributed by atoms with Crippen molar-refractivity contribution < 1.29 is 14.0 Å². The Balaban J connectivity index is 2.27. The van der Waals surface area contributed by atoms with Crippen LogP contribution in [0.3, 0.4) is 0 Å². The maximum atomic E-state index is 12.1. The van der Waals surface area contributed by atoms with Crippen LogP contribution in [-0.4, -0.2) is 25.9 Å². The van der Waals surface area contributed by atoms with E-state index in [9.17, 15) is 4.79 Å². The van der Waals surface area contributed by atoms with Crippen molar-refractivity contribution in [3.05, 3.63) is 29.1 Å². The summed E-state index contributed by atoms with van der Waals surface area (Å²) < 4.78 is 11.7. The molecule has 1 aliphatic rings. The highest BCUT2D eigenvalue weighted by atomic mass is 28.4. The first kappa shape index (κ1) is 17.2. The molecule has 0 N–H and O–H groups in total. The van der Waals surface area contributed by atoms with Gasteiger partial charge in [0, 0.05) is 6.20 Å². The molecule has 4 nitrogen and oxygen atoms in total. The van der Waals surface area contributed by atoms with Gasteiger partial charge in [-0.1, -0.05) is 20.8 Å². The van der Waals surface area contributed by atoms with Crippen molar-refractivity contribution in [1.82, 2.24) is 4.98 Å². The average molecular weight is 321 g/mol. The molecule has 0 bridgehead atoms. The molecule has 0 spiro atoms. The van der Waals surface area contributed by atoms with Crippen molar-refractivity contribution in [3.8, 4) is 0 Å². The first-order valence-electron chi connectivity index (χ1n) is 8.00. The number of fused-ring (bicyclic) bond motifs is 1. The molecule has 0 amide bonds. The van der Waals surface area contributed by atoms with Gasteiger partial charge in [0.2, 0.25) is 0 Å². The van der Waals surface area contributed by atoms with Crippen LogP contribution >= 0.6 is 0 Å². The van der Waals surface area contributed by atoms with Crippen LogP contribution in [0.1, 0.15) is 61.8 Å². The third-order valence-electron chi connectivity index (χ3n) is 4.79. The Bertz CT molecular complexity index is 564. The maximum absolute atomic E-state index is 12.1. The number of aromatic nitrogens is 1. The van der Waals surface area contributed by atoms with Gasteiger partial charge in [-0.25, -0.2) is 4.79 Å². The molecule has 22 heavy (non-hydrogen) atoms. The SMILES string of the molecule is CCOC(=O)c1ccnc2c1CCC2O[Si](C)(C)C(C)(C)C. The number of carbonyl (C=O) groups excluding carboxylic acids is 1. The van der Waals surface area contributed by atoms with Gasteiger partial charge in [-0.05, 0) is 49.5 Å². The predicted octanol–water partition coefficient (Wildman–Crippen LogP) is 4.27. The van der Waals surface area contributed by atoms with E-state index >= 15 is 0 Å². The molecule has 122 valence electrons. The van der Waals surface area contributed by atoms with E-state index in [1.807, 2.05) is 6.92 Å². The van der Waals surface area contributed by atoms with Gasteiger partial charge in [0.15, 0.2) is 8.32 Å². The van der Waals surface area contributed by atoms with E-state index in [0.29, 0.717) is 12.2 Å². The summed E-state index contributed by atoms with van der Waals surface area (Å²) in [5, 5.41) is 0.161. The first-order valence-corrected chi connectivity index (χ1v) is 10.9. The zero-order valence-corrected chi connectivity index (χ0v) is 15.5. The number of hydrogen-bond acceptors (Lipinski definition) is 4. The fourth-order valence-electron chi connectivity index (χ4n) is 2.51. The molecular weight excluding hydrogens is 294 g/mol. The van der Waals surface area contributed by atoms with Crippen LogP contribution < -0.4 is 0 Å². The quantitative estimate of drug-likeness (QED) is 0.614. The second-order valence-corrected chi connectivity index (χ2v) is 12.1. The third kappa shape index (κ3) is 3.25. The zero-order valence-electron chi connectivity index (χ0n) is 14.5. The Morgan fingerprint density at radius 1 is 1.41 bits per heavy atom. The first-order chi connectivity index (χ1) is 10.2. The lowest BCUT2D eigenvalue weighted by Crippen LogP contribution is -2.41. The smallest absolute Gasteiger partial charge is 0.338 e. The molecule has 0 aliphatic heterocycles. The maximum Gasteiger partial charge on any atom is 0.338 e. The Kier molecular flexibility index (Phi) is 4.78. The minimum Gasteiger partial charge on any atom is -0.462 e. The van der Waals surface area contributed by atoms with E-state index in [2.05, 4.69) is 38.8 Å². The van der Waals surface area contributed by atoms with Crippen LogP contribution in [0.4, 0.5) is 0 Å². The Morgan fingerprint density at radius 2 is 2.09 bits per heavy atom. The van der Waals surface area contributed by atoms with Gasteiger partial charge in [0.1, 0.15) is 0 Å². The van der Waals surface area contributed by atoms with Crippen molar-refractivity contribution in [2.75, 3.05) is 6.61 Å². The van der Waals surface area contributed by atoms with Crippen molar-refractivity contribution >= 4 is 14.3 Å². The summed E-state index contributed by atoms with van der Waals surface area (Å²) in [7, 11) is -1.85. The van der Waals surface area contributed by atoms with Crippen LogP contribution in [0.5, 0.6) is 0 Å². The summed E-state index contributed by atoms with van der Waals surface area (Å²) in [5.41, 5.74) is 2.58. The number of ether oxygens (including phenoxy) is 1. The minimum atomic E-state index is -1.85. The van der Waals surface area contributed by atoms with Crippen molar-refractivity contribution in [2.45, 2.75) is 64.8 Å². The van der Waals surface area contributed by atoms with E-state index in [1.165, 1.54) is 0 Å². The molecule has 1 aromatic heterocycles. The van der Waals surface area contributed by atoms with Gasteiger partial charge in [0.25, 0.3) is 0 Å². The minimum absolute atomic E-state index is 0.00488. The van der Waals surface area contributed by atoms with Crippen LogP contribution in [0, 0.1) is 0 Å². The van der Waals surface area contributed by atoms with Gasteiger partial charge in [-0.15, -0.1) is 0 Å². The van der Waals surface area contributed by atoms with E-state index in [-0.39, 0.29) is 17.1 Å². The number of carbonyl (C=O) groups is 1. The van der Waals surface area contributed by atoms with Gasteiger partial charge in [-0.2, -0.15) is 0 Å². The molecule has 0 radical (unpaired) electrons. The topological polar surface area (TPSA) is 48.4 Å². The highest BCUT2D eigenvalue weighted by Crippen LogP contribution is 2.43. The molecule has 0 fully saturated rings. The normalized spacial score (nSPS) is 18.2. The summed E-state index contributed by atoms with van der Waals surface area (Å²) >= 11 is 0. The molecule has 1 atom stereocenters. The lowest BCUT2D eigenvalue weighted by Gasteiger charge is -2.38. The van der Waals surface area contributed by atoms with Crippen LogP contribution in [-0.2, 0) is 15.6 Å². The Morgan fingerprint density at radius 3 is 2.68 bits per heavy atom. The van der Waals surface area contributed by atoms with E-state index in [4.69, 9.17) is 9.16 Å². The van der Waals surface area contributed by atoms with Gasteiger partial charge < -0.3 is 9.16 Å². The van der Waals surface area contributed by atoms with Crippen molar-refractivity contribution in [3.63, 3.8) is 0 Å². The Hall–Kier alpha value is -1.20. The fraction of sp³-hybridized carbons (Fsp3) is 0.647. The summed E-state index contributed by atoms with van der Waals surface area (Å²) in [4.78, 5) is 16.6. The summed E-state index contributed by atoms with van der Waals surface area (Å²) in [6.45, 7) is 13.4. The van der Waals surface area contributed by atoms with E-state index < -0.39 is 8.32 Å². The van der Waals surface area contributed by atoms with E-state index in [1.54, 1.807) is 12.3 Å². The second-order valence-electron chi connectivity index (χ2n) is 7.35. The number of hydrogen-bond donors (Lipinski definition) is 0. The van der Waals surface area contributed by atoms with Crippen LogP contribution in [0.2, 0.25) is 18.1 Å².